The number of hydrogen-bond donors (Lipinski definition) is 1. The van der Waals surface area contributed by atoms with Gasteiger partial charge >= 0.3 is 5.69 Å². The lowest BCUT2D eigenvalue weighted by Crippen LogP contribution is -2.01. The quantitative estimate of drug-likeness (QED) is 0.454. The van der Waals surface area contributed by atoms with Gasteiger partial charge < -0.3 is 10.5 Å². The van der Waals surface area contributed by atoms with Gasteiger partial charge in [-0.25, -0.2) is 0 Å². The molecular weight excluding hydrogens is 196 g/mol. The third-order valence-electron chi connectivity index (χ3n) is 1.77. The molecule has 0 aromatic heterocycles. The van der Waals surface area contributed by atoms with Crippen molar-refractivity contribution >= 4 is 5.69 Å². The van der Waals surface area contributed by atoms with Crippen LogP contribution in [0.4, 0.5) is 5.69 Å². The van der Waals surface area contributed by atoms with Crippen LogP contribution in [0, 0.1) is 22.5 Å². The molecule has 0 radical (unpaired) electrons. The van der Waals surface area contributed by atoms with Gasteiger partial charge in [0, 0.05) is 12.6 Å². The zero-order valence-electron chi connectivity index (χ0n) is 7.97. The smallest absolute Gasteiger partial charge is 0.310 e. The average molecular weight is 206 g/mol. The summed E-state index contributed by atoms with van der Waals surface area (Å²) in [5, 5.41) is 10.6. The summed E-state index contributed by atoms with van der Waals surface area (Å²) in [6.07, 6.45) is 5.00. The number of hydrogen-bond acceptors (Lipinski definition) is 4. The molecule has 5 nitrogen and oxygen atoms in total. The number of rotatable bonds is 4. The molecule has 0 saturated heterocycles. The Bertz CT molecular complexity index is 410. The van der Waals surface area contributed by atoms with Crippen molar-refractivity contribution in [3.8, 4) is 18.1 Å². The van der Waals surface area contributed by atoms with Crippen molar-refractivity contribution in [3.63, 3.8) is 0 Å². The fourth-order valence-electron chi connectivity index (χ4n) is 1.07. The third kappa shape index (κ3) is 2.69. The largest absolute Gasteiger partial charge is 0.474 e. The topological polar surface area (TPSA) is 78.4 Å². The molecule has 0 fully saturated rings. The lowest BCUT2D eigenvalue weighted by molar-refractivity contribution is -0.385. The molecule has 0 aliphatic rings. The highest BCUT2D eigenvalue weighted by molar-refractivity contribution is 5.48. The molecule has 0 spiro atoms. The summed E-state index contributed by atoms with van der Waals surface area (Å²) in [6, 6.07) is 4.46. The molecule has 0 aliphatic heterocycles. The third-order valence-corrected chi connectivity index (χ3v) is 1.77. The van der Waals surface area contributed by atoms with Crippen molar-refractivity contribution in [2.24, 2.45) is 5.73 Å². The molecule has 1 rings (SSSR count). The lowest BCUT2D eigenvalue weighted by atomic mass is 10.2. The normalized spacial score (nSPS) is 9.33. The van der Waals surface area contributed by atoms with Gasteiger partial charge in [0.15, 0.2) is 5.75 Å². The molecule has 0 unspecified atom stereocenters. The van der Waals surface area contributed by atoms with Crippen LogP contribution >= 0.6 is 0 Å². The molecule has 0 heterocycles. The first-order chi connectivity index (χ1) is 7.19. The number of benzene rings is 1. The monoisotopic (exact) mass is 206 g/mol. The Morgan fingerprint density at radius 2 is 2.33 bits per heavy atom. The average Bonchev–Trinajstić information content (AvgIpc) is 2.25. The highest BCUT2D eigenvalue weighted by atomic mass is 16.6. The van der Waals surface area contributed by atoms with Gasteiger partial charge in [-0.3, -0.25) is 10.1 Å². The number of terminal acetylenes is 1. The van der Waals surface area contributed by atoms with Crippen LogP contribution in [0.3, 0.4) is 0 Å². The van der Waals surface area contributed by atoms with Crippen molar-refractivity contribution in [2.45, 2.75) is 6.54 Å². The second kappa shape index (κ2) is 4.98. The van der Waals surface area contributed by atoms with Crippen LogP contribution < -0.4 is 10.5 Å². The molecule has 78 valence electrons. The van der Waals surface area contributed by atoms with Crippen molar-refractivity contribution in [1.29, 1.82) is 0 Å². The van der Waals surface area contributed by atoms with Crippen LogP contribution in [0.25, 0.3) is 0 Å². The van der Waals surface area contributed by atoms with Gasteiger partial charge in [-0.2, -0.15) is 0 Å². The molecule has 5 heteroatoms. The van der Waals surface area contributed by atoms with E-state index >= 15 is 0 Å². The van der Waals surface area contributed by atoms with E-state index in [1.807, 2.05) is 0 Å². The zero-order valence-corrected chi connectivity index (χ0v) is 7.97. The summed E-state index contributed by atoms with van der Waals surface area (Å²) in [5.74, 6) is 2.40. The lowest BCUT2D eigenvalue weighted by Gasteiger charge is -2.05. The van der Waals surface area contributed by atoms with Gasteiger partial charge in [-0.15, -0.1) is 6.42 Å². The molecule has 0 atom stereocenters. The molecule has 0 amide bonds. The predicted octanol–water partition coefficient (Wildman–Crippen LogP) is 1.07. The number of nitro groups is 1. The number of nitrogens with zero attached hydrogens (tertiary/aromatic N) is 1. The minimum Gasteiger partial charge on any atom is -0.474 e. The van der Waals surface area contributed by atoms with Gasteiger partial charge in [0.1, 0.15) is 6.61 Å². The van der Waals surface area contributed by atoms with Gasteiger partial charge in [0.25, 0.3) is 0 Å². The summed E-state index contributed by atoms with van der Waals surface area (Å²) in [7, 11) is 0. The van der Waals surface area contributed by atoms with Gasteiger partial charge in [-0.1, -0.05) is 12.0 Å². The maximum absolute atomic E-state index is 10.6. The second-order valence-electron chi connectivity index (χ2n) is 2.76. The summed E-state index contributed by atoms with van der Waals surface area (Å²) in [6.45, 7) is 0.291. The Kier molecular flexibility index (Phi) is 3.66. The first-order valence-electron chi connectivity index (χ1n) is 4.22. The van der Waals surface area contributed by atoms with Crippen molar-refractivity contribution < 1.29 is 9.66 Å². The van der Waals surface area contributed by atoms with E-state index in [1.165, 1.54) is 12.1 Å². The van der Waals surface area contributed by atoms with Crippen molar-refractivity contribution in [2.75, 3.05) is 6.61 Å². The standard InChI is InChI=1S/C10H10N2O3/c1-2-5-15-10-6-8(7-11)3-4-9(10)12(13)14/h1,3-4,6H,5,7,11H2. The molecule has 2 N–H and O–H groups in total. The number of nitrogens with two attached hydrogens (primary N) is 1. The molecule has 1 aromatic carbocycles. The Morgan fingerprint density at radius 1 is 1.60 bits per heavy atom. The molecular formula is C10H10N2O3. The Balaban J connectivity index is 3.06. The maximum atomic E-state index is 10.6. The predicted molar refractivity (Wildman–Crippen MR) is 55.3 cm³/mol. The van der Waals surface area contributed by atoms with E-state index in [1.54, 1.807) is 6.07 Å². The first kappa shape index (κ1) is 11.0. The zero-order chi connectivity index (χ0) is 11.3. The van der Waals surface area contributed by atoms with Crippen LogP contribution in [-0.4, -0.2) is 11.5 Å². The summed E-state index contributed by atoms with van der Waals surface area (Å²) >= 11 is 0. The van der Waals surface area contributed by atoms with Gasteiger partial charge in [-0.05, 0) is 11.6 Å². The van der Waals surface area contributed by atoms with Gasteiger partial charge in [0.05, 0.1) is 4.92 Å². The summed E-state index contributed by atoms with van der Waals surface area (Å²) in [4.78, 5) is 10.1. The fraction of sp³-hybridized carbons (Fsp3) is 0.200. The molecule has 15 heavy (non-hydrogen) atoms. The summed E-state index contributed by atoms with van der Waals surface area (Å²) < 4.78 is 5.06. The molecule has 0 bridgehead atoms. The fourth-order valence-corrected chi connectivity index (χ4v) is 1.07. The van der Waals surface area contributed by atoms with Crippen LogP contribution in [0.1, 0.15) is 5.56 Å². The first-order valence-corrected chi connectivity index (χ1v) is 4.22. The Labute approximate surface area is 87.0 Å². The van der Waals surface area contributed by atoms with E-state index in [4.69, 9.17) is 16.9 Å². The molecule has 0 saturated carbocycles. The Hall–Kier alpha value is -2.06. The molecule has 1 aromatic rings. The van der Waals surface area contributed by atoms with E-state index in [0.717, 1.165) is 5.56 Å². The van der Waals surface area contributed by atoms with E-state index in [2.05, 4.69) is 5.92 Å². The van der Waals surface area contributed by atoms with Gasteiger partial charge in [0.2, 0.25) is 0 Å². The van der Waals surface area contributed by atoms with E-state index in [0.29, 0.717) is 6.54 Å². The van der Waals surface area contributed by atoms with Crippen LogP contribution in [0.2, 0.25) is 0 Å². The minimum absolute atomic E-state index is 0.00509. The van der Waals surface area contributed by atoms with E-state index < -0.39 is 4.92 Å². The van der Waals surface area contributed by atoms with Crippen LogP contribution in [-0.2, 0) is 6.54 Å². The number of nitro benzene ring substituents is 1. The second-order valence-corrected chi connectivity index (χ2v) is 2.76. The maximum Gasteiger partial charge on any atom is 0.310 e. The minimum atomic E-state index is -0.522. The molecule has 0 aliphatic carbocycles. The van der Waals surface area contributed by atoms with Crippen molar-refractivity contribution in [1.82, 2.24) is 0 Å². The highest BCUT2D eigenvalue weighted by Crippen LogP contribution is 2.27. The highest BCUT2D eigenvalue weighted by Gasteiger charge is 2.14. The SMILES string of the molecule is C#CCOc1cc(CN)ccc1[N+](=O)[O-]. The summed E-state index contributed by atoms with van der Waals surface area (Å²) in [5.41, 5.74) is 6.06. The van der Waals surface area contributed by atoms with Crippen molar-refractivity contribution in [3.05, 3.63) is 33.9 Å². The van der Waals surface area contributed by atoms with E-state index in [9.17, 15) is 10.1 Å². The van der Waals surface area contributed by atoms with E-state index in [-0.39, 0.29) is 18.0 Å². The van der Waals surface area contributed by atoms with Crippen LogP contribution in [0.5, 0.6) is 5.75 Å². The Morgan fingerprint density at radius 3 is 2.87 bits per heavy atom. The number of ether oxygens (including phenoxy) is 1. The van der Waals surface area contributed by atoms with Crippen LogP contribution in [0.15, 0.2) is 18.2 Å².